The Morgan fingerprint density at radius 3 is 2.66 bits per heavy atom. The minimum atomic E-state index is -0.827. The van der Waals surface area contributed by atoms with Crippen molar-refractivity contribution in [3.63, 3.8) is 0 Å². The van der Waals surface area contributed by atoms with Crippen LogP contribution in [0.25, 0.3) is 11.1 Å². The topological polar surface area (TPSA) is 84.7 Å². The minimum Gasteiger partial charge on any atom is -0.438 e. The number of aromatic nitrogens is 1. The molecule has 0 spiro atoms. The van der Waals surface area contributed by atoms with Crippen LogP contribution in [0.4, 0.5) is 0 Å². The fourth-order valence-corrected chi connectivity index (χ4v) is 3.53. The first kappa shape index (κ1) is 19.1. The third kappa shape index (κ3) is 3.73. The van der Waals surface area contributed by atoms with Crippen LogP contribution in [0, 0.1) is 6.92 Å². The number of nitrogens with one attached hydrogen (secondary N) is 1. The lowest BCUT2D eigenvalue weighted by Crippen LogP contribution is -2.53. The van der Waals surface area contributed by atoms with E-state index in [1.165, 1.54) is 0 Å². The first-order valence-electron chi connectivity index (χ1n) is 9.53. The number of carbonyl (C=O) groups is 2. The lowest BCUT2D eigenvalue weighted by Gasteiger charge is -2.38. The number of morpholine rings is 1. The smallest absolute Gasteiger partial charge is 0.252 e. The largest absolute Gasteiger partial charge is 0.438 e. The zero-order chi connectivity index (χ0) is 20.5. The van der Waals surface area contributed by atoms with Gasteiger partial charge in [0.1, 0.15) is 18.2 Å². The lowest BCUT2D eigenvalue weighted by atomic mass is 9.96. The van der Waals surface area contributed by atoms with E-state index in [1.54, 1.807) is 18.9 Å². The molecule has 1 aliphatic rings. The molecule has 3 atom stereocenters. The quantitative estimate of drug-likeness (QED) is 0.737. The number of fused-ring (bicyclic) bond motifs is 1. The second-order valence-electron chi connectivity index (χ2n) is 7.34. The highest BCUT2D eigenvalue weighted by molar-refractivity contribution is 5.86. The number of hydrogen-bond donors (Lipinski definition) is 1. The molecule has 0 aliphatic carbocycles. The van der Waals surface area contributed by atoms with E-state index >= 15 is 0 Å². The molecule has 0 radical (unpaired) electrons. The highest BCUT2D eigenvalue weighted by atomic mass is 16.5. The Morgan fingerprint density at radius 1 is 1.21 bits per heavy atom. The molecule has 0 bridgehead atoms. The van der Waals surface area contributed by atoms with Crippen LogP contribution in [-0.2, 0) is 14.3 Å². The fourth-order valence-electron chi connectivity index (χ4n) is 3.53. The summed E-state index contributed by atoms with van der Waals surface area (Å²) in [5, 5.41) is 2.92. The summed E-state index contributed by atoms with van der Waals surface area (Å²) in [5.41, 5.74) is 3.35. The van der Waals surface area contributed by atoms with E-state index in [9.17, 15) is 9.59 Å². The van der Waals surface area contributed by atoms with Crippen molar-refractivity contribution in [3.8, 4) is 0 Å². The van der Waals surface area contributed by atoms with Crippen molar-refractivity contribution in [2.24, 2.45) is 0 Å². The normalized spacial score (nSPS) is 20.7. The zero-order valence-electron chi connectivity index (χ0n) is 16.6. The van der Waals surface area contributed by atoms with Crippen molar-refractivity contribution < 1.29 is 18.7 Å². The number of oxazole rings is 1. The molecular formula is C22H23N3O4. The molecule has 0 saturated carbocycles. The van der Waals surface area contributed by atoms with Gasteiger partial charge in [0.25, 0.3) is 5.91 Å². The third-order valence-corrected chi connectivity index (χ3v) is 5.20. The van der Waals surface area contributed by atoms with Crippen LogP contribution in [0.5, 0.6) is 0 Å². The predicted molar refractivity (Wildman–Crippen MR) is 107 cm³/mol. The van der Waals surface area contributed by atoms with E-state index in [2.05, 4.69) is 10.3 Å². The summed E-state index contributed by atoms with van der Waals surface area (Å²) < 4.78 is 11.4. The van der Waals surface area contributed by atoms with Crippen molar-refractivity contribution >= 4 is 22.9 Å². The molecule has 1 fully saturated rings. The highest BCUT2D eigenvalue weighted by Gasteiger charge is 2.40. The number of amides is 2. The molecule has 7 nitrogen and oxygen atoms in total. The SMILES string of the molecule is Cc1ccc(C2C(C(=O)NC(C)c3nc4ccccc4o3)OCC(=O)N2C)cc1. The molecule has 2 aromatic carbocycles. The van der Waals surface area contributed by atoms with Crippen molar-refractivity contribution in [1.82, 2.24) is 15.2 Å². The Hall–Kier alpha value is -3.19. The van der Waals surface area contributed by atoms with Crippen LogP contribution < -0.4 is 5.32 Å². The predicted octanol–water partition coefficient (Wildman–Crippen LogP) is 2.91. The van der Waals surface area contributed by atoms with Crippen molar-refractivity contribution in [2.75, 3.05) is 13.7 Å². The molecule has 2 amide bonds. The van der Waals surface area contributed by atoms with Crippen LogP contribution in [0.2, 0.25) is 0 Å². The maximum Gasteiger partial charge on any atom is 0.252 e. The van der Waals surface area contributed by atoms with E-state index in [0.717, 1.165) is 16.6 Å². The first-order chi connectivity index (χ1) is 13.9. The van der Waals surface area contributed by atoms with Crippen molar-refractivity contribution in [3.05, 3.63) is 65.5 Å². The van der Waals surface area contributed by atoms with Crippen LogP contribution >= 0.6 is 0 Å². The number of aryl methyl sites for hydroxylation is 1. The van der Waals surface area contributed by atoms with Gasteiger partial charge in [0.05, 0.1) is 6.04 Å². The molecule has 29 heavy (non-hydrogen) atoms. The monoisotopic (exact) mass is 393 g/mol. The van der Waals surface area contributed by atoms with Crippen molar-refractivity contribution in [1.29, 1.82) is 0 Å². The molecule has 1 aliphatic heterocycles. The number of carbonyl (C=O) groups excluding carboxylic acids is 2. The maximum absolute atomic E-state index is 13.1. The van der Waals surface area contributed by atoms with Crippen LogP contribution in [0.1, 0.15) is 36.0 Å². The Morgan fingerprint density at radius 2 is 1.93 bits per heavy atom. The zero-order valence-corrected chi connectivity index (χ0v) is 16.6. The number of hydrogen-bond acceptors (Lipinski definition) is 5. The average Bonchev–Trinajstić information content (AvgIpc) is 3.15. The van der Waals surface area contributed by atoms with Gasteiger partial charge < -0.3 is 19.4 Å². The summed E-state index contributed by atoms with van der Waals surface area (Å²) >= 11 is 0. The fraction of sp³-hybridized carbons (Fsp3) is 0.318. The van der Waals surface area contributed by atoms with E-state index in [1.807, 2.05) is 55.5 Å². The summed E-state index contributed by atoms with van der Waals surface area (Å²) in [7, 11) is 1.69. The summed E-state index contributed by atoms with van der Waals surface area (Å²) in [4.78, 5) is 31.3. The number of para-hydroxylation sites is 2. The third-order valence-electron chi connectivity index (χ3n) is 5.20. The molecule has 7 heteroatoms. The lowest BCUT2D eigenvalue weighted by molar-refractivity contribution is -0.162. The van der Waals surface area contributed by atoms with Gasteiger partial charge in [-0.2, -0.15) is 0 Å². The number of rotatable bonds is 4. The number of likely N-dealkylation sites (N-methyl/N-ethyl adjacent to an activating group) is 1. The van der Waals surface area contributed by atoms with E-state index in [4.69, 9.17) is 9.15 Å². The number of ether oxygens (including phenoxy) is 1. The van der Waals surface area contributed by atoms with Gasteiger partial charge in [-0.05, 0) is 31.5 Å². The molecule has 3 aromatic rings. The molecular weight excluding hydrogens is 370 g/mol. The maximum atomic E-state index is 13.1. The molecule has 1 N–H and O–H groups in total. The van der Waals surface area contributed by atoms with Gasteiger partial charge in [0.2, 0.25) is 11.8 Å². The van der Waals surface area contributed by atoms with Crippen LogP contribution in [0.3, 0.4) is 0 Å². The molecule has 150 valence electrons. The Labute approximate surface area is 168 Å². The minimum absolute atomic E-state index is 0.131. The van der Waals surface area contributed by atoms with Gasteiger partial charge in [0.15, 0.2) is 11.7 Å². The van der Waals surface area contributed by atoms with Crippen LogP contribution in [0.15, 0.2) is 52.9 Å². The molecule has 1 saturated heterocycles. The first-order valence-corrected chi connectivity index (χ1v) is 9.53. The van der Waals surface area contributed by atoms with Gasteiger partial charge in [-0.15, -0.1) is 0 Å². The Kier molecular flexibility index (Phi) is 5.07. The van der Waals surface area contributed by atoms with Crippen LogP contribution in [-0.4, -0.2) is 41.5 Å². The van der Waals surface area contributed by atoms with Crippen molar-refractivity contribution in [2.45, 2.75) is 32.0 Å². The molecule has 4 rings (SSSR count). The molecule has 2 heterocycles. The molecule has 1 aromatic heterocycles. The summed E-state index contributed by atoms with van der Waals surface area (Å²) in [6.07, 6.45) is -0.827. The summed E-state index contributed by atoms with van der Waals surface area (Å²) in [6.45, 7) is 3.66. The molecule has 3 unspecified atom stereocenters. The highest BCUT2D eigenvalue weighted by Crippen LogP contribution is 2.30. The van der Waals surface area contributed by atoms with Gasteiger partial charge >= 0.3 is 0 Å². The standard InChI is InChI=1S/C22H23N3O4/c1-13-8-10-15(11-9-13)19-20(28-12-18(26)25(19)3)21(27)23-14(2)22-24-16-6-4-5-7-17(16)29-22/h4-11,14,19-20H,12H2,1-3H3,(H,23,27). The van der Waals surface area contributed by atoms with Gasteiger partial charge in [-0.3, -0.25) is 9.59 Å². The Balaban J connectivity index is 1.56. The van der Waals surface area contributed by atoms with E-state index in [0.29, 0.717) is 11.5 Å². The summed E-state index contributed by atoms with van der Waals surface area (Å²) in [5.74, 6) is -0.0528. The average molecular weight is 393 g/mol. The van der Waals surface area contributed by atoms with Gasteiger partial charge in [-0.25, -0.2) is 4.98 Å². The number of benzene rings is 2. The van der Waals surface area contributed by atoms with Gasteiger partial charge in [-0.1, -0.05) is 42.0 Å². The second-order valence-corrected chi connectivity index (χ2v) is 7.34. The summed E-state index contributed by atoms with van der Waals surface area (Å²) in [6, 6.07) is 14.2. The van der Waals surface area contributed by atoms with E-state index in [-0.39, 0.29) is 18.4 Å². The number of nitrogens with zero attached hydrogens (tertiary/aromatic N) is 2. The van der Waals surface area contributed by atoms with E-state index < -0.39 is 18.2 Å². The second kappa shape index (κ2) is 7.67. The van der Waals surface area contributed by atoms with Gasteiger partial charge in [0, 0.05) is 7.05 Å². The Bertz CT molecular complexity index is 1010.